The van der Waals surface area contributed by atoms with Crippen LogP contribution in [-0.2, 0) is 11.0 Å². The third-order valence-electron chi connectivity index (χ3n) is 2.80. The second kappa shape index (κ2) is 4.84. The highest BCUT2D eigenvalue weighted by molar-refractivity contribution is 5.98. The lowest BCUT2D eigenvalue weighted by Gasteiger charge is -2.16. The number of benzene rings is 1. The van der Waals surface area contributed by atoms with E-state index in [1.165, 1.54) is 24.3 Å². The van der Waals surface area contributed by atoms with Crippen LogP contribution in [0.25, 0.3) is 6.08 Å². The first kappa shape index (κ1) is 12.7. The van der Waals surface area contributed by atoms with Gasteiger partial charge in [-0.1, -0.05) is 18.2 Å². The Bertz CT molecular complexity index is 491. The van der Waals surface area contributed by atoms with Crippen molar-refractivity contribution in [2.24, 2.45) is 0 Å². The number of halogens is 3. The molecular formula is C13H12F3NO. The SMILES string of the molecule is O=C1NCCCC1=Cc1ccccc1C(F)(F)F. The molecule has 0 radical (unpaired) electrons. The maximum Gasteiger partial charge on any atom is 0.416 e. The van der Waals surface area contributed by atoms with E-state index in [2.05, 4.69) is 5.32 Å². The summed E-state index contributed by atoms with van der Waals surface area (Å²) < 4.78 is 38.3. The number of amides is 1. The Balaban J connectivity index is 2.39. The molecule has 1 aliphatic rings. The smallest absolute Gasteiger partial charge is 0.352 e. The highest BCUT2D eigenvalue weighted by atomic mass is 19.4. The van der Waals surface area contributed by atoms with Crippen LogP contribution < -0.4 is 5.32 Å². The second-order valence-electron chi connectivity index (χ2n) is 4.11. The fourth-order valence-corrected chi connectivity index (χ4v) is 1.91. The van der Waals surface area contributed by atoms with Crippen LogP contribution in [0, 0.1) is 0 Å². The summed E-state index contributed by atoms with van der Waals surface area (Å²) in [5.41, 5.74) is -0.272. The average molecular weight is 255 g/mol. The summed E-state index contributed by atoms with van der Waals surface area (Å²) in [5, 5.41) is 2.62. The van der Waals surface area contributed by atoms with Gasteiger partial charge < -0.3 is 5.32 Å². The quantitative estimate of drug-likeness (QED) is 0.768. The van der Waals surface area contributed by atoms with Gasteiger partial charge in [-0.3, -0.25) is 4.79 Å². The van der Waals surface area contributed by atoms with E-state index in [4.69, 9.17) is 0 Å². The van der Waals surface area contributed by atoms with Gasteiger partial charge in [-0.25, -0.2) is 0 Å². The molecule has 18 heavy (non-hydrogen) atoms. The fraction of sp³-hybridized carbons (Fsp3) is 0.308. The predicted molar refractivity (Wildman–Crippen MR) is 61.7 cm³/mol. The molecule has 96 valence electrons. The lowest BCUT2D eigenvalue weighted by Crippen LogP contribution is -2.30. The van der Waals surface area contributed by atoms with E-state index in [0.29, 0.717) is 18.5 Å². The zero-order chi connectivity index (χ0) is 13.2. The molecule has 1 aliphatic heterocycles. The van der Waals surface area contributed by atoms with Crippen molar-refractivity contribution in [3.63, 3.8) is 0 Å². The minimum Gasteiger partial charge on any atom is -0.352 e. The van der Waals surface area contributed by atoms with Crippen molar-refractivity contribution in [2.75, 3.05) is 6.54 Å². The van der Waals surface area contributed by atoms with Gasteiger partial charge in [0.15, 0.2) is 0 Å². The van der Waals surface area contributed by atoms with Crippen molar-refractivity contribution >= 4 is 12.0 Å². The standard InChI is InChI=1S/C13H12F3NO/c14-13(15,16)11-6-2-1-4-9(11)8-10-5-3-7-17-12(10)18/h1-2,4,6,8H,3,5,7H2,(H,17,18). The van der Waals surface area contributed by atoms with E-state index in [1.54, 1.807) is 0 Å². The van der Waals surface area contributed by atoms with Gasteiger partial charge in [0.25, 0.3) is 0 Å². The number of nitrogens with one attached hydrogen (secondary N) is 1. The summed E-state index contributed by atoms with van der Waals surface area (Å²) in [6.07, 6.45) is -1.81. The van der Waals surface area contributed by atoms with Crippen molar-refractivity contribution in [3.05, 3.63) is 41.0 Å². The molecule has 1 saturated heterocycles. The van der Waals surface area contributed by atoms with Crippen LogP contribution in [0.5, 0.6) is 0 Å². The largest absolute Gasteiger partial charge is 0.416 e. The number of piperidine rings is 1. The molecule has 1 amide bonds. The highest BCUT2D eigenvalue weighted by Crippen LogP contribution is 2.33. The Hall–Kier alpha value is -1.78. The van der Waals surface area contributed by atoms with E-state index in [9.17, 15) is 18.0 Å². The molecule has 0 bridgehead atoms. The van der Waals surface area contributed by atoms with Crippen LogP contribution >= 0.6 is 0 Å². The molecule has 5 heteroatoms. The molecule has 0 spiro atoms. The topological polar surface area (TPSA) is 29.1 Å². The average Bonchev–Trinajstić information content (AvgIpc) is 2.31. The molecule has 2 rings (SSSR count). The van der Waals surface area contributed by atoms with Crippen molar-refractivity contribution in [3.8, 4) is 0 Å². The van der Waals surface area contributed by atoms with E-state index in [-0.39, 0.29) is 11.5 Å². The highest BCUT2D eigenvalue weighted by Gasteiger charge is 2.32. The number of carbonyl (C=O) groups is 1. The summed E-state index contributed by atoms with van der Waals surface area (Å²) >= 11 is 0. The summed E-state index contributed by atoms with van der Waals surface area (Å²) in [6.45, 7) is 0.580. The van der Waals surface area contributed by atoms with Crippen LogP contribution in [0.4, 0.5) is 13.2 Å². The first-order chi connectivity index (χ1) is 8.48. The normalized spacial score (nSPS) is 18.8. The molecular weight excluding hydrogens is 243 g/mol. The van der Waals surface area contributed by atoms with Crippen LogP contribution in [0.2, 0.25) is 0 Å². The lowest BCUT2D eigenvalue weighted by molar-refractivity contribution is -0.137. The van der Waals surface area contributed by atoms with Gasteiger partial charge in [-0.2, -0.15) is 13.2 Å². The number of rotatable bonds is 1. The number of carbonyl (C=O) groups excluding carboxylic acids is 1. The number of hydrogen-bond acceptors (Lipinski definition) is 1. The molecule has 2 nitrogen and oxygen atoms in total. The van der Waals surface area contributed by atoms with Crippen molar-refractivity contribution in [1.82, 2.24) is 5.32 Å². The van der Waals surface area contributed by atoms with Crippen LogP contribution in [0.15, 0.2) is 29.8 Å². The first-order valence-corrected chi connectivity index (χ1v) is 5.63. The molecule has 1 N–H and O–H groups in total. The summed E-state index contributed by atoms with van der Waals surface area (Å²) in [5.74, 6) is -0.279. The Labute approximate surface area is 102 Å². The lowest BCUT2D eigenvalue weighted by atomic mass is 9.99. The zero-order valence-corrected chi connectivity index (χ0v) is 9.55. The molecule has 1 fully saturated rings. The van der Waals surface area contributed by atoms with Gasteiger partial charge in [0.1, 0.15) is 0 Å². The van der Waals surface area contributed by atoms with Crippen molar-refractivity contribution in [2.45, 2.75) is 19.0 Å². The van der Waals surface area contributed by atoms with E-state index >= 15 is 0 Å². The van der Waals surface area contributed by atoms with Crippen LogP contribution in [0.1, 0.15) is 24.0 Å². The molecule has 1 aromatic carbocycles. The molecule has 0 aromatic heterocycles. The maximum absolute atomic E-state index is 12.8. The van der Waals surface area contributed by atoms with Gasteiger partial charge in [0.2, 0.25) is 5.91 Å². The van der Waals surface area contributed by atoms with Gasteiger partial charge in [0, 0.05) is 12.1 Å². The molecule has 0 saturated carbocycles. The van der Waals surface area contributed by atoms with Gasteiger partial charge in [-0.15, -0.1) is 0 Å². The summed E-state index contributed by atoms with van der Waals surface area (Å²) in [4.78, 5) is 11.5. The summed E-state index contributed by atoms with van der Waals surface area (Å²) in [7, 11) is 0. The molecule has 0 atom stereocenters. The van der Waals surface area contributed by atoms with Crippen molar-refractivity contribution < 1.29 is 18.0 Å². The van der Waals surface area contributed by atoms with E-state index in [0.717, 1.165) is 12.5 Å². The molecule has 1 aromatic rings. The monoisotopic (exact) mass is 255 g/mol. The first-order valence-electron chi connectivity index (χ1n) is 5.63. The maximum atomic E-state index is 12.8. The van der Waals surface area contributed by atoms with Crippen LogP contribution in [-0.4, -0.2) is 12.5 Å². The van der Waals surface area contributed by atoms with E-state index in [1.807, 2.05) is 0 Å². The Morgan fingerprint density at radius 1 is 1.22 bits per heavy atom. The Kier molecular flexibility index (Phi) is 3.41. The molecule has 0 unspecified atom stereocenters. The molecule has 0 aliphatic carbocycles. The van der Waals surface area contributed by atoms with Gasteiger partial charge in [-0.05, 0) is 30.5 Å². The minimum absolute atomic E-state index is 0.0389. The predicted octanol–water partition coefficient (Wildman–Crippen LogP) is 3.00. The summed E-state index contributed by atoms with van der Waals surface area (Å²) in [6, 6.07) is 5.26. The van der Waals surface area contributed by atoms with Gasteiger partial charge >= 0.3 is 6.18 Å². The molecule has 1 heterocycles. The van der Waals surface area contributed by atoms with Gasteiger partial charge in [0.05, 0.1) is 5.56 Å². The number of hydrogen-bond donors (Lipinski definition) is 1. The van der Waals surface area contributed by atoms with Crippen molar-refractivity contribution in [1.29, 1.82) is 0 Å². The van der Waals surface area contributed by atoms with Crippen LogP contribution in [0.3, 0.4) is 0 Å². The number of alkyl halides is 3. The third-order valence-corrected chi connectivity index (χ3v) is 2.80. The van der Waals surface area contributed by atoms with E-state index < -0.39 is 11.7 Å². The zero-order valence-electron chi connectivity index (χ0n) is 9.55. The Morgan fingerprint density at radius 2 is 1.94 bits per heavy atom. The Morgan fingerprint density at radius 3 is 2.61 bits per heavy atom. The second-order valence-corrected chi connectivity index (χ2v) is 4.11. The fourth-order valence-electron chi connectivity index (χ4n) is 1.91. The minimum atomic E-state index is -4.40. The third kappa shape index (κ3) is 2.72.